The van der Waals surface area contributed by atoms with Gasteiger partial charge in [0.25, 0.3) is 0 Å². The molecule has 0 fully saturated rings. The van der Waals surface area contributed by atoms with Crippen LogP contribution in [-0.4, -0.2) is 18.7 Å². The number of aryl methyl sites for hydroxylation is 2. The molecule has 0 saturated heterocycles. The van der Waals surface area contributed by atoms with Gasteiger partial charge in [-0.15, -0.1) is 0 Å². The summed E-state index contributed by atoms with van der Waals surface area (Å²) >= 11 is 0.355. The first-order valence-corrected chi connectivity index (χ1v) is 5.21. The molecule has 0 radical (unpaired) electrons. The Labute approximate surface area is 72.0 Å². The van der Waals surface area contributed by atoms with Crippen molar-refractivity contribution >= 4 is 24.4 Å². The van der Waals surface area contributed by atoms with E-state index in [0.717, 1.165) is 0 Å². The molecule has 0 atom stereocenters. The van der Waals surface area contributed by atoms with Gasteiger partial charge in [-0.3, -0.25) is 0 Å². The molecule has 2 rings (SSSR count). The van der Waals surface area contributed by atoms with Crippen LogP contribution >= 0.6 is 0 Å². The quantitative estimate of drug-likeness (QED) is 0.605. The molecule has 1 heterocycles. The minimum absolute atomic E-state index is 0.355. The van der Waals surface area contributed by atoms with Crippen molar-refractivity contribution in [3.63, 3.8) is 0 Å². The molecule has 0 aliphatic rings. The van der Waals surface area contributed by atoms with Gasteiger partial charge in [0.05, 0.1) is 0 Å². The molecule has 0 unspecified atom stereocenters. The number of nitrogens with zero attached hydrogens (tertiary/aromatic N) is 1. The molecule has 0 saturated carbocycles. The van der Waals surface area contributed by atoms with Gasteiger partial charge in [0.1, 0.15) is 0 Å². The van der Waals surface area contributed by atoms with E-state index in [2.05, 4.69) is 30.0 Å². The molecule has 0 spiro atoms. The van der Waals surface area contributed by atoms with Crippen molar-refractivity contribution in [2.75, 3.05) is 0 Å². The second-order valence-corrected chi connectivity index (χ2v) is 4.55. The molecule has 1 aromatic carbocycles. The van der Waals surface area contributed by atoms with Crippen molar-refractivity contribution in [3.05, 3.63) is 29.5 Å². The fourth-order valence-electron chi connectivity index (χ4n) is 1.13. The van der Waals surface area contributed by atoms with Crippen molar-refractivity contribution in [3.8, 4) is 0 Å². The zero-order valence-corrected chi connectivity index (χ0v) is 8.30. The Bertz CT molecular complexity index is 353. The van der Waals surface area contributed by atoms with E-state index in [9.17, 15) is 0 Å². The van der Waals surface area contributed by atoms with Crippen LogP contribution in [0.25, 0.3) is 9.65 Å². The van der Waals surface area contributed by atoms with Crippen LogP contribution in [0.15, 0.2) is 18.3 Å². The van der Waals surface area contributed by atoms with Crippen LogP contribution in [0.3, 0.4) is 0 Å². The molecule has 0 aliphatic carbocycles. The third-order valence-corrected chi connectivity index (χ3v) is 3.57. The maximum atomic E-state index is 4.27. The van der Waals surface area contributed by atoms with Gasteiger partial charge in [-0.2, -0.15) is 0 Å². The van der Waals surface area contributed by atoms with Crippen LogP contribution in [-0.2, 0) is 0 Å². The Kier molecular flexibility index (Phi) is 1.59. The average molecular weight is 210 g/mol. The number of benzene rings is 1. The second kappa shape index (κ2) is 2.47. The third kappa shape index (κ3) is 1.13. The molecule has 0 N–H and O–H groups in total. The standard InChI is InChI=1S/C9H9NSe/c1-6-3-8-5-10-11-9(8)4-7(6)2/h3-5H,1-2H3. The Morgan fingerprint density at radius 3 is 2.73 bits per heavy atom. The monoisotopic (exact) mass is 211 g/mol. The van der Waals surface area contributed by atoms with Crippen LogP contribution in [0, 0.1) is 13.8 Å². The molecule has 1 aromatic heterocycles. The van der Waals surface area contributed by atoms with Crippen LogP contribution in [0.4, 0.5) is 0 Å². The molecule has 0 amide bonds. The van der Waals surface area contributed by atoms with E-state index in [1.54, 1.807) is 0 Å². The van der Waals surface area contributed by atoms with Crippen molar-refractivity contribution in [2.45, 2.75) is 13.8 Å². The van der Waals surface area contributed by atoms with Gasteiger partial charge in [-0.25, -0.2) is 0 Å². The summed E-state index contributed by atoms with van der Waals surface area (Å²) < 4.78 is 5.70. The zero-order chi connectivity index (χ0) is 7.84. The first kappa shape index (κ1) is 7.08. The van der Waals surface area contributed by atoms with Crippen LogP contribution < -0.4 is 0 Å². The maximum absolute atomic E-state index is 4.27. The van der Waals surface area contributed by atoms with Crippen LogP contribution in [0.1, 0.15) is 11.1 Å². The average Bonchev–Trinajstić information content (AvgIpc) is 2.36. The SMILES string of the molecule is Cc1cc2cn[se]c2cc1C. The third-order valence-electron chi connectivity index (χ3n) is 1.97. The van der Waals surface area contributed by atoms with Gasteiger partial charge in [0, 0.05) is 0 Å². The van der Waals surface area contributed by atoms with E-state index in [-0.39, 0.29) is 0 Å². The van der Waals surface area contributed by atoms with Crippen molar-refractivity contribution < 1.29 is 0 Å². The number of hydrogen-bond acceptors (Lipinski definition) is 1. The molecule has 2 aromatic rings. The Morgan fingerprint density at radius 1 is 1.18 bits per heavy atom. The summed E-state index contributed by atoms with van der Waals surface area (Å²) in [6.07, 6.45) is 1.99. The second-order valence-electron chi connectivity index (χ2n) is 2.80. The first-order chi connectivity index (χ1) is 5.27. The Hall–Kier alpha value is -0.591. The topological polar surface area (TPSA) is 12.9 Å². The summed E-state index contributed by atoms with van der Waals surface area (Å²) in [7, 11) is 0. The van der Waals surface area contributed by atoms with Gasteiger partial charge in [-0.1, -0.05) is 0 Å². The summed E-state index contributed by atoms with van der Waals surface area (Å²) in [4.78, 5) is 0. The summed E-state index contributed by atoms with van der Waals surface area (Å²) in [5, 5.41) is 1.33. The molecular formula is C9H9NSe. The predicted molar refractivity (Wildman–Crippen MR) is 48.2 cm³/mol. The van der Waals surface area contributed by atoms with Crippen molar-refractivity contribution in [2.24, 2.45) is 0 Å². The minimum atomic E-state index is 0.355. The fourth-order valence-corrected chi connectivity index (χ4v) is 2.66. The van der Waals surface area contributed by atoms with Gasteiger partial charge >= 0.3 is 71.7 Å². The van der Waals surface area contributed by atoms with E-state index in [4.69, 9.17) is 0 Å². The van der Waals surface area contributed by atoms with E-state index >= 15 is 0 Å². The van der Waals surface area contributed by atoms with Crippen LogP contribution in [0.2, 0.25) is 0 Å². The molecule has 0 aliphatic heterocycles. The summed E-state index contributed by atoms with van der Waals surface area (Å²) in [6.45, 7) is 4.30. The van der Waals surface area contributed by atoms with E-state index in [1.807, 2.05) is 6.20 Å². The van der Waals surface area contributed by atoms with E-state index in [0.29, 0.717) is 14.7 Å². The van der Waals surface area contributed by atoms with Gasteiger partial charge in [0.2, 0.25) is 0 Å². The molecule has 1 nitrogen and oxygen atoms in total. The van der Waals surface area contributed by atoms with Gasteiger partial charge in [-0.05, 0) is 0 Å². The number of aromatic nitrogens is 1. The molecule has 56 valence electrons. The molecule has 0 bridgehead atoms. The van der Waals surface area contributed by atoms with Crippen molar-refractivity contribution in [1.29, 1.82) is 0 Å². The Morgan fingerprint density at radius 2 is 1.91 bits per heavy atom. The molecule has 2 heteroatoms. The number of rotatable bonds is 0. The zero-order valence-electron chi connectivity index (χ0n) is 6.59. The number of hydrogen-bond donors (Lipinski definition) is 0. The van der Waals surface area contributed by atoms with Crippen LogP contribution in [0.5, 0.6) is 0 Å². The summed E-state index contributed by atoms with van der Waals surface area (Å²) in [6, 6.07) is 4.49. The van der Waals surface area contributed by atoms with Gasteiger partial charge in [0.15, 0.2) is 0 Å². The fraction of sp³-hybridized carbons (Fsp3) is 0.222. The Balaban J connectivity index is 2.86. The number of fused-ring (bicyclic) bond motifs is 1. The first-order valence-electron chi connectivity index (χ1n) is 3.59. The summed E-state index contributed by atoms with van der Waals surface area (Å²) in [5.41, 5.74) is 2.75. The van der Waals surface area contributed by atoms with E-state index in [1.165, 1.54) is 20.8 Å². The van der Waals surface area contributed by atoms with E-state index < -0.39 is 0 Å². The normalized spacial score (nSPS) is 10.7. The summed E-state index contributed by atoms with van der Waals surface area (Å²) in [5.74, 6) is 0. The molecule has 11 heavy (non-hydrogen) atoms. The predicted octanol–water partition coefficient (Wildman–Crippen LogP) is 1.91. The van der Waals surface area contributed by atoms with Crippen molar-refractivity contribution in [1.82, 2.24) is 3.98 Å². The molecular weight excluding hydrogens is 201 g/mol. The van der Waals surface area contributed by atoms with Gasteiger partial charge < -0.3 is 0 Å².